The fourth-order valence-electron chi connectivity index (χ4n) is 3.53. The van der Waals surface area contributed by atoms with Gasteiger partial charge in [0.2, 0.25) is 0 Å². The second-order valence-electron chi connectivity index (χ2n) is 7.64. The molecule has 0 bridgehead atoms. The van der Waals surface area contributed by atoms with Gasteiger partial charge in [0, 0.05) is 0 Å². The first-order valence-electron chi connectivity index (χ1n) is 10.4. The molecule has 152 valence electrons. The third-order valence-electron chi connectivity index (χ3n) is 5.06. The zero-order valence-corrected chi connectivity index (χ0v) is 18.0. The highest BCUT2D eigenvalue weighted by Crippen LogP contribution is 2.32. The fourth-order valence-corrected chi connectivity index (χ4v) is 3.53. The SMILES string of the molecule is CCCC1=NN(c2ccccc2)C(=O)C1=Cc1cc(C(C)C)c(OCC)cc1C. The lowest BCUT2D eigenvalue weighted by molar-refractivity contribution is -0.114. The molecule has 0 fully saturated rings. The molecule has 3 rings (SSSR count). The molecule has 0 aliphatic carbocycles. The summed E-state index contributed by atoms with van der Waals surface area (Å²) in [6, 6.07) is 13.8. The van der Waals surface area contributed by atoms with E-state index in [1.165, 1.54) is 5.01 Å². The Kier molecular flexibility index (Phi) is 6.53. The van der Waals surface area contributed by atoms with Gasteiger partial charge in [0.15, 0.2) is 0 Å². The van der Waals surface area contributed by atoms with Crippen molar-refractivity contribution in [2.45, 2.75) is 53.4 Å². The largest absolute Gasteiger partial charge is 0.494 e. The predicted molar refractivity (Wildman–Crippen MR) is 121 cm³/mol. The number of para-hydroxylation sites is 1. The van der Waals surface area contributed by atoms with E-state index >= 15 is 0 Å². The van der Waals surface area contributed by atoms with Crippen molar-refractivity contribution < 1.29 is 9.53 Å². The average Bonchev–Trinajstić information content (AvgIpc) is 3.00. The van der Waals surface area contributed by atoms with Gasteiger partial charge in [-0.05, 0) is 73.2 Å². The molecule has 0 unspecified atom stereocenters. The van der Waals surface area contributed by atoms with Crippen LogP contribution in [-0.2, 0) is 4.79 Å². The number of hydrogen-bond acceptors (Lipinski definition) is 3. The lowest BCUT2D eigenvalue weighted by Crippen LogP contribution is -2.21. The molecule has 0 aromatic heterocycles. The molecule has 2 aromatic carbocycles. The van der Waals surface area contributed by atoms with Gasteiger partial charge in [0.05, 0.1) is 23.6 Å². The Morgan fingerprint density at radius 3 is 2.48 bits per heavy atom. The van der Waals surface area contributed by atoms with Crippen LogP contribution in [0.2, 0.25) is 0 Å². The van der Waals surface area contributed by atoms with E-state index in [-0.39, 0.29) is 5.91 Å². The Bertz CT molecular complexity index is 943. The average molecular weight is 391 g/mol. The van der Waals surface area contributed by atoms with Gasteiger partial charge in [-0.1, -0.05) is 45.4 Å². The van der Waals surface area contributed by atoms with E-state index in [9.17, 15) is 4.79 Å². The molecule has 0 spiro atoms. The molecule has 4 heteroatoms. The summed E-state index contributed by atoms with van der Waals surface area (Å²) >= 11 is 0. The first kappa shape index (κ1) is 20.8. The minimum Gasteiger partial charge on any atom is -0.494 e. The number of hydrogen-bond donors (Lipinski definition) is 0. The maximum atomic E-state index is 13.2. The van der Waals surface area contributed by atoms with Crippen LogP contribution in [0.4, 0.5) is 5.69 Å². The fraction of sp³-hybridized carbons (Fsp3) is 0.360. The smallest absolute Gasteiger partial charge is 0.280 e. The summed E-state index contributed by atoms with van der Waals surface area (Å²) in [7, 11) is 0. The van der Waals surface area contributed by atoms with Crippen molar-refractivity contribution in [3.63, 3.8) is 0 Å². The van der Waals surface area contributed by atoms with Crippen molar-refractivity contribution in [3.8, 4) is 5.75 Å². The lowest BCUT2D eigenvalue weighted by atomic mass is 9.94. The molecule has 1 amide bonds. The van der Waals surface area contributed by atoms with Crippen molar-refractivity contribution >= 4 is 23.4 Å². The topological polar surface area (TPSA) is 41.9 Å². The van der Waals surface area contributed by atoms with E-state index in [0.717, 1.165) is 46.7 Å². The second kappa shape index (κ2) is 9.08. The van der Waals surface area contributed by atoms with Gasteiger partial charge in [-0.2, -0.15) is 10.1 Å². The first-order chi connectivity index (χ1) is 14.0. The molecule has 1 heterocycles. The van der Waals surface area contributed by atoms with Gasteiger partial charge < -0.3 is 4.74 Å². The monoisotopic (exact) mass is 390 g/mol. The molecule has 0 saturated heterocycles. The number of hydrazone groups is 1. The molecule has 0 N–H and O–H groups in total. The third-order valence-corrected chi connectivity index (χ3v) is 5.06. The van der Waals surface area contributed by atoms with E-state index in [0.29, 0.717) is 18.1 Å². The Labute approximate surface area is 173 Å². The van der Waals surface area contributed by atoms with Crippen LogP contribution in [-0.4, -0.2) is 18.2 Å². The van der Waals surface area contributed by atoms with Crippen LogP contribution < -0.4 is 9.75 Å². The third kappa shape index (κ3) is 4.42. The summed E-state index contributed by atoms with van der Waals surface area (Å²) < 4.78 is 5.84. The number of benzene rings is 2. The Morgan fingerprint density at radius 2 is 1.86 bits per heavy atom. The number of rotatable bonds is 7. The molecule has 0 radical (unpaired) electrons. The van der Waals surface area contributed by atoms with Crippen molar-refractivity contribution in [1.29, 1.82) is 0 Å². The van der Waals surface area contributed by atoms with Gasteiger partial charge in [-0.25, -0.2) is 0 Å². The van der Waals surface area contributed by atoms with Gasteiger partial charge in [-0.3, -0.25) is 4.79 Å². The van der Waals surface area contributed by atoms with Crippen LogP contribution in [0.1, 0.15) is 63.1 Å². The quantitative estimate of drug-likeness (QED) is 0.536. The maximum Gasteiger partial charge on any atom is 0.280 e. The number of ether oxygens (including phenoxy) is 1. The Hall–Kier alpha value is -2.88. The Morgan fingerprint density at radius 1 is 1.14 bits per heavy atom. The van der Waals surface area contributed by atoms with Crippen LogP contribution in [0.25, 0.3) is 6.08 Å². The highest BCUT2D eigenvalue weighted by Gasteiger charge is 2.30. The summed E-state index contributed by atoms with van der Waals surface area (Å²) in [6.45, 7) is 11.1. The van der Waals surface area contributed by atoms with Crippen molar-refractivity contribution in [2.24, 2.45) is 5.10 Å². The van der Waals surface area contributed by atoms with Crippen LogP contribution in [0.3, 0.4) is 0 Å². The van der Waals surface area contributed by atoms with E-state index in [1.54, 1.807) is 0 Å². The molecule has 1 aliphatic rings. The van der Waals surface area contributed by atoms with Crippen molar-refractivity contribution in [1.82, 2.24) is 0 Å². The van der Waals surface area contributed by atoms with Gasteiger partial charge >= 0.3 is 0 Å². The summed E-state index contributed by atoms with van der Waals surface area (Å²) in [4.78, 5) is 13.2. The van der Waals surface area contributed by atoms with E-state index in [1.807, 2.05) is 43.3 Å². The highest BCUT2D eigenvalue weighted by atomic mass is 16.5. The molecule has 1 aliphatic heterocycles. The van der Waals surface area contributed by atoms with Gasteiger partial charge in [-0.15, -0.1) is 0 Å². The second-order valence-corrected chi connectivity index (χ2v) is 7.64. The molecule has 29 heavy (non-hydrogen) atoms. The van der Waals surface area contributed by atoms with E-state index in [2.05, 4.69) is 44.9 Å². The van der Waals surface area contributed by atoms with Crippen molar-refractivity contribution in [2.75, 3.05) is 11.6 Å². The number of carbonyl (C=O) groups is 1. The normalized spacial score (nSPS) is 15.4. The Balaban J connectivity index is 2.05. The molecular weight excluding hydrogens is 360 g/mol. The molecule has 0 saturated carbocycles. The summed E-state index contributed by atoms with van der Waals surface area (Å²) in [5.41, 5.74) is 5.61. The minimum absolute atomic E-state index is 0.0703. The van der Waals surface area contributed by atoms with Crippen LogP contribution in [0.5, 0.6) is 5.75 Å². The van der Waals surface area contributed by atoms with E-state index < -0.39 is 0 Å². The number of aryl methyl sites for hydroxylation is 1. The maximum absolute atomic E-state index is 13.2. The molecule has 4 nitrogen and oxygen atoms in total. The minimum atomic E-state index is -0.0703. The van der Waals surface area contributed by atoms with Crippen LogP contribution >= 0.6 is 0 Å². The van der Waals surface area contributed by atoms with Crippen LogP contribution in [0, 0.1) is 6.92 Å². The highest BCUT2D eigenvalue weighted by molar-refractivity contribution is 6.32. The summed E-state index contributed by atoms with van der Waals surface area (Å²) in [5, 5.41) is 6.17. The molecular formula is C25H30N2O2. The van der Waals surface area contributed by atoms with E-state index in [4.69, 9.17) is 4.74 Å². The number of anilines is 1. The zero-order chi connectivity index (χ0) is 21.0. The van der Waals surface area contributed by atoms with Gasteiger partial charge in [0.25, 0.3) is 5.91 Å². The summed E-state index contributed by atoms with van der Waals surface area (Å²) in [5.74, 6) is 1.19. The van der Waals surface area contributed by atoms with Crippen molar-refractivity contribution in [3.05, 3.63) is 64.7 Å². The lowest BCUT2D eigenvalue weighted by Gasteiger charge is -2.16. The summed E-state index contributed by atoms with van der Waals surface area (Å²) in [6.07, 6.45) is 3.70. The van der Waals surface area contributed by atoms with Gasteiger partial charge in [0.1, 0.15) is 5.75 Å². The molecule has 2 aromatic rings. The molecule has 0 atom stereocenters. The number of amides is 1. The number of nitrogens with zero attached hydrogens (tertiary/aromatic N) is 2. The van der Waals surface area contributed by atoms with Crippen LogP contribution in [0.15, 0.2) is 53.1 Å². The number of carbonyl (C=O) groups excluding carboxylic acids is 1. The first-order valence-corrected chi connectivity index (χ1v) is 10.4. The predicted octanol–water partition coefficient (Wildman–Crippen LogP) is 6.10. The zero-order valence-electron chi connectivity index (χ0n) is 18.0. The standard InChI is InChI=1S/C25H30N2O2/c1-6-11-23-22(25(28)27(26-23)20-12-9-8-10-13-20)16-19-15-21(17(3)4)24(29-7-2)14-18(19)5/h8-10,12-17H,6-7,11H2,1-5H3.